The van der Waals surface area contributed by atoms with Crippen molar-refractivity contribution in [3.63, 3.8) is 0 Å². The molecule has 0 unspecified atom stereocenters. The first-order valence-corrected chi connectivity index (χ1v) is 3.79. The molecule has 0 fully saturated rings. The molecule has 1 aromatic carbocycles. The first-order chi connectivity index (χ1) is 6.20. The average Bonchev–Trinajstić information content (AvgIpc) is 2.42. The molecule has 5 nitrogen and oxygen atoms in total. The van der Waals surface area contributed by atoms with E-state index in [0.717, 1.165) is 11.0 Å². The molecule has 0 aliphatic heterocycles. The van der Waals surface area contributed by atoms with Gasteiger partial charge in [0.2, 0.25) is 0 Å². The van der Waals surface area contributed by atoms with Gasteiger partial charge < -0.3 is 21.2 Å². The van der Waals surface area contributed by atoms with Crippen LogP contribution >= 0.6 is 0 Å². The summed E-state index contributed by atoms with van der Waals surface area (Å²) >= 11 is 0. The largest absolute Gasteiger partial charge is 0.495 e. The third kappa shape index (κ3) is 1.14. The summed E-state index contributed by atoms with van der Waals surface area (Å²) in [5.74, 6) is 0.988. The summed E-state index contributed by atoms with van der Waals surface area (Å²) in [6.45, 7) is 0. The van der Waals surface area contributed by atoms with Crippen molar-refractivity contribution in [3.05, 3.63) is 12.1 Å². The Balaban J connectivity index is 2.72. The van der Waals surface area contributed by atoms with Crippen LogP contribution in [0.4, 0.5) is 11.6 Å². The maximum Gasteiger partial charge on any atom is 0.198 e. The van der Waals surface area contributed by atoms with E-state index < -0.39 is 0 Å². The van der Waals surface area contributed by atoms with Gasteiger partial charge in [-0.25, -0.2) is 4.98 Å². The first kappa shape index (κ1) is 7.72. The van der Waals surface area contributed by atoms with Gasteiger partial charge in [0.1, 0.15) is 5.75 Å². The second kappa shape index (κ2) is 2.55. The Kier molecular flexibility index (Phi) is 1.51. The number of nitrogens with one attached hydrogen (secondary N) is 1. The van der Waals surface area contributed by atoms with Crippen molar-refractivity contribution in [2.24, 2.45) is 0 Å². The van der Waals surface area contributed by atoms with Crippen LogP contribution in [0.1, 0.15) is 0 Å². The first-order valence-electron chi connectivity index (χ1n) is 3.79. The summed E-state index contributed by atoms with van der Waals surface area (Å²) in [6.07, 6.45) is 0. The van der Waals surface area contributed by atoms with Crippen LogP contribution in [0.2, 0.25) is 0 Å². The van der Waals surface area contributed by atoms with Crippen LogP contribution in [0.25, 0.3) is 11.0 Å². The summed E-state index contributed by atoms with van der Waals surface area (Å²) in [6, 6.07) is 3.50. The van der Waals surface area contributed by atoms with Gasteiger partial charge in [-0.05, 0) is 6.07 Å². The van der Waals surface area contributed by atoms with Crippen molar-refractivity contribution >= 4 is 22.7 Å². The number of hydrogen-bond donors (Lipinski definition) is 3. The number of benzene rings is 1. The van der Waals surface area contributed by atoms with E-state index in [0.29, 0.717) is 17.4 Å². The zero-order valence-corrected chi connectivity index (χ0v) is 7.16. The molecule has 0 bridgehead atoms. The normalized spacial score (nSPS) is 10.5. The van der Waals surface area contributed by atoms with Gasteiger partial charge in [0.15, 0.2) is 5.95 Å². The van der Waals surface area contributed by atoms with Gasteiger partial charge in [-0.15, -0.1) is 0 Å². The predicted molar refractivity (Wildman–Crippen MR) is 51.5 cm³/mol. The van der Waals surface area contributed by atoms with E-state index >= 15 is 0 Å². The average molecular weight is 178 g/mol. The van der Waals surface area contributed by atoms with Crippen LogP contribution in [-0.2, 0) is 0 Å². The molecular weight excluding hydrogens is 168 g/mol. The molecule has 0 aliphatic rings. The summed E-state index contributed by atoms with van der Waals surface area (Å²) in [4.78, 5) is 6.93. The van der Waals surface area contributed by atoms with E-state index in [1.54, 1.807) is 19.2 Å². The Labute approximate surface area is 74.7 Å². The van der Waals surface area contributed by atoms with Crippen molar-refractivity contribution in [1.29, 1.82) is 0 Å². The Morgan fingerprint density at radius 2 is 2.15 bits per heavy atom. The lowest BCUT2D eigenvalue weighted by atomic mass is 10.2. The second-order valence-electron chi connectivity index (χ2n) is 2.73. The summed E-state index contributed by atoms with van der Waals surface area (Å²) < 4.78 is 5.04. The Morgan fingerprint density at radius 3 is 2.85 bits per heavy atom. The van der Waals surface area contributed by atoms with Crippen LogP contribution in [0.5, 0.6) is 5.75 Å². The maximum atomic E-state index is 5.69. The molecule has 5 N–H and O–H groups in total. The van der Waals surface area contributed by atoms with E-state index in [2.05, 4.69) is 9.97 Å². The zero-order chi connectivity index (χ0) is 9.42. The number of nitrogen functional groups attached to an aromatic ring is 2. The highest BCUT2D eigenvalue weighted by molar-refractivity contribution is 5.83. The molecule has 68 valence electrons. The third-order valence-corrected chi connectivity index (χ3v) is 1.85. The number of aromatic nitrogens is 2. The van der Waals surface area contributed by atoms with Crippen LogP contribution in [-0.4, -0.2) is 17.1 Å². The number of anilines is 2. The third-order valence-electron chi connectivity index (χ3n) is 1.85. The minimum absolute atomic E-state index is 0.377. The van der Waals surface area contributed by atoms with Gasteiger partial charge in [-0.1, -0.05) is 0 Å². The van der Waals surface area contributed by atoms with Crippen LogP contribution in [0.15, 0.2) is 12.1 Å². The fourth-order valence-corrected chi connectivity index (χ4v) is 1.25. The molecule has 0 atom stereocenters. The summed E-state index contributed by atoms with van der Waals surface area (Å²) in [5, 5.41) is 0. The number of ether oxygens (including phenoxy) is 1. The van der Waals surface area contributed by atoms with E-state index in [1.165, 1.54) is 0 Å². The molecule has 2 aromatic rings. The Bertz CT molecular complexity index is 449. The van der Waals surface area contributed by atoms with E-state index in [9.17, 15) is 0 Å². The van der Waals surface area contributed by atoms with E-state index in [-0.39, 0.29) is 0 Å². The minimum Gasteiger partial charge on any atom is -0.495 e. The molecule has 0 radical (unpaired) electrons. The van der Waals surface area contributed by atoms with Crippen molar-refractivity contribution in [1.82, 2.24) is 9.97 Å². The number of hydrogen-bond acceptors (Lipinski definition) is 4. The number of H-pyrrole nitrogens is 1. The lowest BCUT2D eigenvalue weighted by molar-refractivity contribution is 0.417. The Hall–Kier alpha value is -1.91. The minimum atomic E-state index is 0.377. The standard InChI is InChI=1S/C8H10N4O/c1-13-7-3-6-5(2-4(7)9)11-8(10)12-6/h2-3H,9H2,1H3,(H3,10,11,12). The molecule has 1 aromatic heterocycles. The monoisotopic (exact) mass is 178 g/mol. The molecule has 1 heterocycles. The fraction of sp³-hybridized carbons (Fsp3) is 0.125. The highest BCUT2D eigenvalue weighted by atomic mass is 16.5. The zero-order valence-electron chi connectivity index (χ0n) is 7.16. The van der Waals surface area contributed by atoms with Gasteiger partial charge >= 0.3 is 0 Å². The van der Waals surface area contributed by atoms with Crippen LogP contribution in [0.3, 0.4) is 0 Å². The fourth-order valence-electron chi connectivity index (χ4n) is 1.25. The van der Waals surface area contributed by atoms with Gasteiger partial charge in [-0.3, -0.25) is 0 Å². The van der Waals surface area contributed by atoms with Crippen molar-refractivity contribution in [2.75, 3.05) is 18.6 Å². The van der Waals surface area contributed by atoms with Crippen LogP contribution < -0.4 is 16.2 Å². The lowest BCUT2D eigenvalue weighted by Gasteiger charge is -2.02. The molecular formula is C8H10N4O. The van der Waals surface area contributed by atoms with E-state index in [4.69, 9.17) is 16.2 Å². The highest BCUT2D eigenvalue weighted by Gasteiger charge is 2.05. The molecule has 13 heavy (non-hydrogen) atoms. The van der Waals surface area contributed by atoms with Crippen molar-refractivity contribution in [3.8, 4) is 5.75 Å². The quantitative estimate of drug-likeness (QED) is 0.561. The molecule has 0 saturated heterocycles. The lowest BCUT2D eigenvalue weighted by Crippen LogP contribution is -1.91. The molecule has 0 aliphatic carbocycles. The van der Waals surface area contributed by atoms with Gasteiger partial charge in [0.05, 0.1) is 23.8 Å². The van der Waals surface area contributed by atoms with Gasteiger partial charge in [-0.2, -0.15) is 0 Å². The molecule has 5 heteroatoms. The van der Waals surface area contributed by atoms with Gasteiger partial charge in [0.25, 0.3) is 0 Å². The summed E-state index contributed by atoms with van der Waals surface area (Å²) in [5.41, 5.74) is 13.3. The van der Waals surface area contributed by atoms with Gasteiger partial charge in [0, 0.05) is 6.07 Å². The Morgan fingerprint density at radius 1 is 1.38 bits per heavy atom. The van der Waals surface area contributed by atoms with Crippen LogP contribution in [0, 0.1) is 0 Å². The highest BCUT2D eigenvalue weighted by Crippen LogP contribution is 2.26. The number of methoxy groups -OCH3 is 1. The predicted octanol–water partition coefficient (Wildman–Crippen LogP) is 0.736. The van der Waals surface area contributed by atoms with Crippen molar-refractivity contribution in [2.45, 2.75) is 0 Å². The molecule has 0 saturated carbocycles. The summed E-state index contributed by atoms with van der Waals surface area (Å²) in [7, 11) is 1.56. The number of aromatic amines is 1. The number of fused-ring (bicyclic) bond motifs is 1. The topological polar surface area (TPSA) is 90.0 Å². The maximum absolute atomic E-state index is 5.69. The SMILES string of the molecule is COc1cc2nc(N)[nH]c2cc1N. The smallest absolute Gasteiger partial charge is 0.198 e. The van der Waals surface area contributed by atoms with Crippen molar-refractivity contribution < 1.29 is 4.74 Å². The second-order valence-corrected chi connectivity index (χ2v) is 2.73. The number of nitrogens with zero attached hydrogens (tertiary/aromatic N) is 1. The molecule has 2 rings (SSSR count). The molecule has 0 amide bonds. The number of rotatable bonds is 1. The van der Waals surface area contributed by atoms with E-state index in [1.807, 2.05) is 0 Å². The molecule has 0 spiro atoms. The number of imidazole rings is 1. The number of nitrogens with two attached hydrogens (primary N) is 2.